The monoisotopic (exact) mass is 1190 g/mol. The van der Waals surface area contributed by atoms with Crippen molar-refractivity contribution < 1.29 is 17.7 Å². The van der Waals surface area contributed by atoms with Gasteiger partial charge in [0.2, 0.25) is 0 Å². The number of para-hydroxylation sites is 4. The number of fused-ring (bicyclic) bond motifs is 26. The van der Waals surface area contributed by atoms with Crippen LogP contribution in [0.3, 0.4) is 0 Å². The van der Waals surface area contributed by atoms with Gasteiger partial charge in [0.05, 0.1) is 16.8 Å². The fourth-order valence-electron chi connectivity index (χ4n) is 15.4. The second-order valence-corrected chi connectivity index (χ2v) is 28.5. The Kier molecular flexibility index (Phi) is 11.2. The van der Waals surface area contributed by atoms with Gasteiger partial charge in [-0.05, 0) is 175 Å². The summed E-state index contributed by atoms with van der Waals surface area (Å²) in [6.07, 6.45) is 4.01. The molecule has 16 aromatic rings. The summed E-state index contributed by atoms with van der Waals surface area (Å²) in [5.41, 5.74) is 22.1. The first kappa shape index (κ1) is 54.3. The van der Waals surface area contributed by atoms with E-state index in [1.165, 1.54) is 11.1 Å². The third-order valence-electron chi connectivity index (χ3n) is 19.9. The van der Waals surface area contributed by atoms with Crippen LogP contribution in [0.5, 0.6) is 0 Å². The van der Waals surface area contributed by atoms with Gasteiger partial charge in [-0.25, -0.2) is 9.97 Å². The molecule has 6 aromatic heterocycles. The molecule has 0 bridgehead atoms. The highest BCUT2D eigenvalue weighted by atomic mass is 16.3. The Morgan fingerprint density at radius 2 is 0.685 bits per heavy atom. The summed E-state index contributed by atoms with van der Waals surface area (Å²) in [6, 6.07) is 75.0. The van der Waals surface area contributed by atoms with Crippen LogP contribution in [0.4, 0.5) is 34.4 Å². The number of nitrogens with zero attached hydrogens (tertiary/aromatic N) is 4. The topological polar surface area (TPSA) is 84.8 Å². The van der Waals surface area contributed by atoms with E-state index in [4.69, 9.17) is 27.6 Å². The van der Waals surface area contributed by atoms with E-state index < -0.39 is 5.41 Å². The quantitative estimate of drug-likeness (QED) is 0.163. The summed E-state index contributed by atoms with van der Waals surface area (Å²) >= 11 is 0. The van der Waals surface area contributed by atoms with Crippen LogP contribution in [0.1, 0.15) is 107 Å². The van der Waals surface area contributed by atoms with Gasteiger partial charge in [0.15, 0.2) is 11.2 Å². The minimum absolute atomic E-state index is 0.0806. The molecule has 0 radical (unpaired) electrons. The maximum Gasteiger partial charge on any atom is 0.160 e. The van der Waals surface area contributed by atoms with Crippen molar-refractivity contribution in [3.05, 3.63) is 263 Å². The molecule has 2 aliphatic rings. The van der Waals surface area contributed by atoms with E-state index in [-0.39, 0.29) is 16.2 Å². The smallest absolute Gasteiger partial charge is 0.160 e. The van der Waals surface area contributed by atoms with Gasteiger partial charge in [0.25, 0.3) is 0 Å². The fourth-order valence-corrected chi connectivity index (χ4v) is 15.4. The SMILES string of the molecule is Cc1ccc(N(c2ccc(C(C)(C)C)cc2)c2cc3c(c4c2oc2ccccc24)-c2c(cc(N(c4ccc(C(C)(C)C)cc4)c4ccc(C(C)(C)C)cn4)c4oc5ccccc5c24)C32c3ccc4oc5ccccc5c4c3-c3c2ccc2oc4ccccc4c32)nc1. The normalized spacial score (nSPS) is 13.6. The zero-order chi connectivity index (χ0) is 62.5. The summed E-state index contributed by atoms with van der Waals surface area (Å²) in [5.74, 6) is 1.53. The van der Waals surface area contributed by atoms with Crippen LogP contribution in [0.25, 0.3) is 110 Å². The number of aromatic nitrogens is 2. The van der Waals surface area contributed by atoms with Gasteiger partial charge in [0.1, 0.15) is 45.1 Å². The number of aryl methyl sites for hydroxylation is 1. The molecule has 0 saturated heterocycles. The Hall–Kier alpha value is -10.7. The maximum atomic E-state index is 7.55. The second-order valence-electron chi connectivity index (χ2n) is 28.5. The van der Waals surface area contributed by atoms with Gasteiger partial charge in [0, 0.05) is 66.9 Å². The second kappa shape index (κ2) is 18.9. The van der Waals surface area contributed by atoms with Gasteiger partial charge in [-0.2, -0.15) is 0 Å². The van der Waals surface area contributed by atoms with Crippen LogP contribution < -0.4 is 9.80 Å². The predicted molar refractivity (Wildman–Crippen MR) is 378 cm³/mol. The minimum Gasteiger partial charge on any atom is -0.456 e. The first-order valence-corrected chi connectivity index (χ1v) is 32.0. The third-order valence-corrected chi connectivity index (χ3v) is 19.9. The van der Waals surface area contributed by atoms with Crippen LogP contribution in [-0.4, -0.2) is 9.97 Å². The lowest BCUT2D eigenvalue weighted by Crippen LogP contribution is -2.27. The van der Waals surface area contributed by atoms with Crippen molar-refractivity contribution >= 4 is 122 Å². The number of benzene rings is 10. The molecule has 2 aliphatic carbocycles. The van der Waals surface area contributed by atoms with Crippen molar-refractivity contribution in [2.75, 3.05) is 9.80 Å². The van der Waals surface area contributed by atoms with E-state index in [2.05, 4.69) is 285 Å². The number of furan rings is 4. The molecule has 0 saturated carbocycles. The molecule has 8 heteroatoms. The Labute approximate surface area is 533 Å². The highest BCUT2D eigenvalue weighted by Crippen LogP contribution is 2.70. The molecule has 0 unspecified atom stereocenters. The largest absolute Gasteiger partial charge is 0.456 e. The molecule has 0 amide bonds. The summed E-state index contributed by atoms with van der Waals surface area (Å²) in [6.45, 7) is 22.4. The molecule has 8 nitrogen and oxygen atoms in total. The van der Waals surface area contributed by atoms with Crippen molar-refractivity contribution in [2.24, 2.45) is 0 Å². The number of hydrogen-bond donors (Lipinski definition) is 0. The fraction of sp³-hybridized carbons (Fsp3) is 0.167. The molecule has 0 atom stereocenters. The third kappa shape index (κ3) is 7.58. The zero-order valence-electron chi connectivity index (χ0n) is 53.2. The standard InChI is InChI=1S/C84H66N4O4/c1-47-27-41-69(85-45-47)87(51-33-28-48(29-34-51)81(2,3)4)61-43-59-77(73-55-21-13-17-25-65(55)91-79(61)73)78-60(84(59)57-37-39-67-71(53-19-11-15-23-63(53)89-67)75(57)76-58(84)38-40-68-72(76)54-20-12-16-24-64(54)90-68)44-62(80-74(78)56-22-14-18-26-66(56)92-80)88(52-35-30-49(31-36-52)82(5,6)7)70-42-32-50(46-86-70)83(8,9)10/h11-46H,1-10H3. The number of rotatable bonds is 6. The first-order valence-electron chi connectivity index (χ1n) is 32.0. The van der Waals surface area contributed by atoms with E-state index in [0.29, 0.717) is 0 Å². The van der Waals surface area contributed by atoms with Gasteiger partial charge in [-0.15, -0.1) is 0 Å². The molecule has 18 rings (SSSR count). The number of anilines is 6. The summed E-state index contributed by atoms with van der Waals surface area (Å²) < 4.78 is 29.0. The van der Waals surface area contributed by atoms with Crippen molar-refractivity contribution in [1.82, 2.24) is 9.97 Å². The minimum atomic E-state index is -1.06. The lowest BCUT2D eigenvalue weighted by atomic mass is 9.70. The summed E-state index contributed by atoms with van der Waals surface area (Å²) in [4.78, 5) is 15.4. The van der Waals surface area contributed by atoms with Crippen LogP contribution in [0.2, 0.25) is 0 Å². The highest BCUT2D eigenvalue weighted by molar-refractivity contribution is 6.30. The van der Waals surface area contributed by atoms with E-state index in [0.717, 1.165) is 178 Å². The van der Waals surface area contributed by atoms with Gasteiger partial charge >= 0.3 is 0 Å². The van der Waals surface area contributed by atoms with Gasteiger partial charge in [-0.3, -0.25) is 9.80 Å². The average Bonchev–Trinajstić information content (AvgIpc) is 1.48. The van der Waals surface area contributed by atoms with Crippen LogP contribution in [0, 0.1) is 6.92 Å². The van der Waals surface area contributed by atoms with Crippen molar-refractivity contribution in [3.8, 4) is 22.3 Å². The molecular weight excluding hydrogens is 1130 g/mol. The Bertz CT molecular complexity index is 5580. The lowest BCUT2D eigenvalue weighted by molar-refractivity contribution is 0.587. The molecule has 6 heterocycles. The van der Waals surface area contributed by atoms with Crippen LogP contribution >= 0.6 is 0 Å². The Morgan fingerprint density at radius 1 is 0.326 bits per heavy atom. The molecule has 0 fully saturated rings. The Balaban J connectivity index is 1.08. The summed E-state index contributed by atoms with van der Waals surface area (Å²) in [5, 5.41) is 8.22. The molecule has 10 aromatic carbocycles. The molecule has 1 spiro atoms. The number of pyridine rings is 2. The summed E-state index contributed by atoms with van der Waals surface area (Å²) in [7, 11) is 0. The van der Waals surface area contributed by atoms with Crippen molar-refractivity contribution in [3.63, 3.8) is 0 Å². The molecule has 446 valence electrons. The molecule has 0 N–H and O–H groups in total. The van der Waals surface area contributed by atoms with Crippen LogP contribution in [0.15, 0.2) is 236 Å². The molecular formula is C84H66N4O4. The average molecular weight is 1200 g/mol. The highest BCUT2D eigenvalue weighted by Gasteiger charge is 2.56. The first-order chi connectivity index (χ1) is 44.4. The van der Waals surface area contributed by atoms with E-state index in [1.54, 1.807) is 0 Å². The number of hydrogen-bond acceptors (Lipinski definition) is 8. The lowest BCUT2D eigenvalue weighted by Gasteiger charge is -2.33. The Morgan fingerprint density at radius 3 is 1.07 bits per heavy atom. The maximum absolute atomic E-state index is 7.55. The zero-order valence-corrected chi connectivity index (χ0v) is 53.2. The molecule has 92 heavy (non-hydrogen) atoms. The van der Waals surface area contributed by atoms with E-state index >= 15 is 0 Å². The van der Waals surface area contributed by atoms with E-state index in [1.807, 2.05) is 12.4 Å². The van der Waals surface area contributed by atoms with Gasteiger partial charge < -0.3 is 17.7 Å². The predicted octanol–water partition coefficient (Wildman–Crippen LogP) is 23.6. The van der Waals surface area contributed by atoms with Crippen LogP contribution in [-0.2, 0) is 21.7 Å². The molecule has 0 aliphatic heterocycles. The van der Waals surface area contributed by atoms with Gasteiger partial charge in [-0.1, -0.05) is 184 Å². The van der Waals surface area contributed by atoms with Crippen molar-refractivity contribution in [1.29, 1.82) is 0 Å². The van der Waals surface area contributed by atoms with Crippen molar-refractivity contribution in [2.45, 2.75) is 90.9 Å². The van der Waals surface area contributed by atoms with E-state index in [9.17, 15) is 0 Å².